The normalized spacial score (nSPS) is 12.9. The fourth-order valence-electron chi connectivity index (χ4n) is 3.53. The number of rotatable bonds is 20. The molecule has 0 spiro atoms. The molecule has 0 aliphatic rings. The molecule has 0 rings (SSSR count). The largest absolute Gasteiger partial charge is 0.550 e. The van der Waals surface area contributed by atoms with E-state index in [-0.39, 0.29) is 12.4 Å². The summed E-state index contributed by atoms with van der Waals surface area (Å²) < 4.78 is 5.91. The van der Waals surface area contributed by atoms with Gasteiger partial charge in [0.2, 0.25) is 0 Å². The van der Waals surface area contributed by atoms with Gasteiger partial charge < -0.3 is 19.1 Å². The van der Waals surface area contributed by atoms with E-state index < -0.39 is 12.1 Å². The second-order valence-corrected chi connectivity index (χ2v) is 9.50. The lowest BCUT2D eigenvalue weighted by Crippen LogP contribution is -2.45. The zero-order valence-corrected chi connectivity index (χ0v) is 20.1. The minimum Gasteiger partial charge on any atom is -0.550 e. The predicted molar refractivity (Wildman–Crippen MR) is 122 cm³/mol. The van der Waals surface area contributed by atoms with E-state index in [9.17, 15) is 14.7 Å². The van der Waals surface area contributed by atoms with Gasteiger partial charge in [0.1, 0.15) is 6.54 Å². The topological polar surface area (TPSA) is 66.4 Å². The second-order valence-electron chi connectivity index (χ2n) is 9.50. The minimum absolute atomic E-state index is 0.242. The molecule has 0 aromatic heterocycles. The third kappa shape index (κ3) is 21.4. The molecular formula is C25H47NO4. The van der Waals surface area contributed by atoms with Crippen molar-refractivity contribution in [3.8, 4) is 0 Å². The summed E-state index contributed by atoms with van der Waals surface area (Å²) in [5.41, 5.74) is 0. The third-order valence-corrected chi connectivity index (χ3v) is 5.09. The van der Waals surface area contributed by atoms with Crippen molar-refractivity contribution in [2.24, 2.45) is 0 Å². The lowest BCUT2D eigenvalue weighted by Gasteiger charge is -2.29. The Balaban J connectivity index is 3.65. The van der Waals surface area contributed by atoms with Crippen LogP contribution in [0.2, 0.25) is 0 Å². The fourth-order valence-corrected chi connectivity index (χ4v) is 3.53. The average molecular weight is 426 g/mol. The molecule has 0 radical (unpaired) electrons. The molecule has 0 fully saturated rings. The van der Waals surface area contributed by atoms with Gasteiger partial charge in [0.25, 0.3) is 0 Å². The highest BCUT2D eigenvalue weighted by Crippen LogP contribution is 2.12. The van der Waals surface area contributed by atoms with Gasteiger partial charge >= 0.3 is 5.97 Å². The standard InChI is InChI=1S/C25H47NO4/c1-5-6-7-8-9-10-11-12-13-14-15-16-17-18-19-20-25(29)30-23(21-24(27)28)22-26(2,3)4/h12-13,23H,5-11,14-22H2,1-4H3. The maximum absolute atomic E-state index is 12.0. The van der Waals surface area contributed by atoms with Gasteiger partial charge in [-0.25, -0.2) is 0 Å². The molecule has 5 heteroatoms. The van der Waals surface area contributed by atoms with Crippen LogP contribution in [0.25, 0.3) is 0 Å². The summed E-state index contributed by atoms with van der Waals surface area (Å²) in [5.74, 6) is -1.48. The number of unbranched alkanes of at least 4 members (excludes halogenated alkanes) is 11. The van der Waals surface area contributed by atoms with Crippen LogP contribution in [0, 0.1) is 0 Å². The van der Waals surface area contributed by atoms with E-state index >= 15 is 0 Å². The highest BCUT2D eigenvalue weighted by Gasteiger charge is 2.22. The van der Waals surface area contributed by atoms with Gasteiger partial charge in [-0.1, -0.05) is 70.4 Å². The van der Waals surface area contributed by atoms with Crippen LogP contribution in [0.1, 0.15) is 103 Å². The molecule has 0 amide bonds. The number of carboxylic acid groups (broad SMARTS) is 1. The molecular weight excluding hydrogens is 378 g/mol. The molecule has 1 atom stereocenters. The summed E-state index contributed by atoms with van der Waals surface area (Å²) in [6.07, 6.45) is 19.9. The van der Waals surface area contributed by atoms with Crippen LogP contribution in [0.3, 0.4) is 0 Å². The number of carbonyl (C=O) groups is 2. The Hall–Kier alpha value is -1.36. The Morgan fingerprint density at radius 3 is 1.83 bits per heavy atom. The number of aliphatic carboxylic acids is 1. The summed E-state index contributed by atoms with van der Waals surface area (Å²) in [6.45, 7) is 2.72. The number of esters is 1. The molecule has 0 aliphatic heterocycles. The molecule has 0 aliphatic carbocycles. The molecule has 0 bridgehead atoms. The SMILES string of the molecule is CCCCCCCCC=CCCCCCCCC(=O)OC(CC(=O)[O-])C[N+](C)(C)C. The van der Waals surface area contributed by atoms with E-state index in [1.54, 1.807) is 0 Å². The van der Waals surface area contributed by atoms with Crippen molar-refractivity contribution in [3.63, 3.8) is 0 Å². The zero-order chi connectivity index (χ0) is 22.7. The van der Waals surface area contributed by atoms with E-state index in [4.69, 9.17) is 4.74 Å². The first-order chi connectivity index (χ1) is 14.2. The Morgan fingerprint density at radius 2 is 1.33 bits per heavy atom. The number of nitrogens with zero attached hydrogens (tertiary/aromatic N) is 1. The highest BCUT2D eigenvalue weighted by molar-refractivity contribution is 5.70. The Kier molecular flexibility index (Phi) is 17.6. The first-order valence-corrected chi connectivity index (χ1v) is 12.1. The molecule has 5 nitrogen and oxygen atoms in total. The van der Waals surface area contributed by atoms with Crippen molar-refractivity contribution >= 4 is 11.9 Å². The fraction of sp³-hybridized carbons (Fsp3) is 0.840. The van der Waals surface area contributed by atoms with E-state index in [2.05, 4.69) is 19.1 Å². The summed E-state index contributed by atoms with van der Waals surface area (Å²) >= 11 is 0. The van der Waals surface area contributed by atoms with Crippen molar-refractivity contribution in [2.75, 3.05) is 27.7 Å². The molecule has 0 aromatic carbocycles. The Morgan fingerprint density at radius 1 is 0.833 bits per heavy atom. The van der Waals surface area contributed by atoms with E-state index in [0.29, 0.717) is 17.4 Å². The first-order valence-electron chi connectivity index (χ1n) is 12.1. The smallest absolute Gasteiger partial charge is 0.306 e. The predicted octanol–water partition coefficient (Wildman–Crippen LogP) is 4.78. The van der Waals surface area contributed by atoms with Crippen LogP contribution in [0.5, 0.6) is 0 Å². The molecule has 0 heterocycles. The quantitative estimate of drug-likeness (QED) is 0.122. The van der Waals surface area contributed by atoms with E-state index in [1.807, 2.05) is 21.1 Å². The third-order valence-electron chi connectivity index (χ3n) is 5.09. The number of carbonyl (C=O) groups excluding carboxylic acids is 2. The zero-order valence-electron chi connectivity index (χ0n) is 20.1. The number of quaternary nitrogens is 1. The van der Waals surface area contributed by atoms with Crippen molar-refractivity contribution in [1.82, 2.24) is 0 Å². The number of ether oxygens (including phenoxy) is 1. The van der Waals surface area contributed by atoms with Crippen molar-refractivity contribution in [3.05, 3.63) is 12.2 Å². The summed E-state index contributed by atoms with van der Waals surface area (Å²) in [6, 6.07) is 0. The number of hydrogen-bond acceptors (Lipinski definition) is 4. The summed E-state index contributed by atoms with van der Waals surface area (Å²) in [4.78, 5) is 22.9. The van der Waals surface area contributed by atoms with Crippen LogP contribution in [0.15, 0.2) is 12.2 Å². The van der Waals surface area contributed by atoms with E-state index in [0.717, 1.165) is 25.7 Å². The van der Waals surface area contributed by atoms with Crippen molar-refractivity contribution < 1.29 is 23.9 Å². The molecule has 0 saturated heterocycles. The molecule has 0 saturated carbocycles. The van der Waals surface area contributed by atoms with Crippen LogP contribution < -0.4 is 5.11 Å². The number of hydrogen-bond donors (Lipinski definition) is 0. The highest BCUT2D eigenvalue weighted by atomic mass is 16.5. The number of likely N-dealkylation sites (N-methyl/N-ethyl adjacent to an activating group) is 1. The summed E-state index contributed by atoms with van der Waals surface area (Å²) in [7, 11) is 5.83. The Bertz CT molecular complexity index is 468. The lowest BCUT2D eigenvalue weighted by atomic mass is 10.1. The number of carboxylic acids is 1. The molecule has 30 heavy (non-hydrogen) atoms. The molecule has 176 valence electrons. The van der Waals surface area contributed by atoms with Crippen LogP contribution in [0.4, 0.5) is 0 Å². The van der Waals surface area contributed by atoms with Gasteiger partial charge in [0.15, 0.2) is 6.10 Å². The van der Waals surface area contributed by atoms with Gasteiger partial charge in [0, 0.05) is 18.8 Å². The van der Waals surface area contributed by atoms with Gasteiger partial charge in [-0.2, -0.15) is 0 Å². The van der Waals surface area contributed by atoms with Gasteiger partial charge in [-0.15, -0.1) is 0 Å². The van der Waals surface area contributed by atoms with Crippen LogP contribution >= 0.6 is 0 Å². The Labute approximate surface area is 185 Å². The van der Waals surface area contributed by atoms with Gasteiger partial charge in [-0.05, 0) is 32.1 Å². The van der Waals surface area contributed by atoms with Gasteiger partial charge in [0.05, 0.1) is 21.1 Å². The minimum atomic E-state index is -1.18. The van der Waals surface area contributed by atoms with Gasteiger partial charge in [-0.3, -0.25) is 4.79 Å². The average Bonchev–Trinajstić information content (AvgIpc) is 2.63. The first kappa shape index (κ1) is 28.6. The maximum atomic E-state index is 12.0. The van der Waals surface area contributed by atoms with Crippen LogP contribution in [-0.4, -0.2) is 50.2 Å². The monoisotopic (exact) mass is 425 g/mol. The second kappa shape index (κ2) is 18.4. The van der Waals surface area contributed by atoms with Crippen LogP contribution in [-0.2, 0) is 14.3 Å². The van der Waals surface area contributed by atoms with Crippen molar-refractivity contribution in [2.45, 2.75) is 109 Å². The maximum Gasteiger partial charge on any atom is 0.306 e. The summed E-state index contributed by atoms with van der Waals surface area (Å²) in [5, 5.41) is 10.9. The van der Waals surface area contributed by atoms with E-state index in [1.165, 1.54) is 57.8 Å². The molecule has 0 N–H and O–H groups in total. The number of allylic oxidation sites excluding steroid dienone is 2. The van der Waals surface area contributed by atoms with Crippen molar-refractivity contribution in [1.29, 1.82) is 0 Å². The lowest BCUT2D eigenvalue weighted by molar-refractivity contribution is -0.873. The molecule has 0 aromatic rings. The molecule has 1 unspecified atom stereocenters.